The summed E-state index contributed by atoms with van der Waals surface area (Å²) in [7, 11) is 1.41. The minimum atomic E-state index is -0.886. The lowest BCUT2D eigenvalue weighted by atomic mass is 9.65. The summed E-state index contributed by atoms with van der Waals surface area (Å²) in [6.07, 6.45) is 10.8. The van der Waals surface area contributed by atoms with Crippen LogP contribution in [0.4, 0.5) is 0 Å². The zero-order valence-corrected chi connectivity index (χ0v) is 74.5. The number of methoxy groups -OCH3 is 1. The predicted molar refractivity (Wildman–Crippen MR) is 498 cm³/mol. The molecule has 24 nitrogen and oxygen atoms in total. The molecule has 6 aliphatic heterocycles. The van der Waals surface area contributed by atoms with Gasteiger partial charge in [0, 0.05) is 168 Å². The van der Waals surface area contributed by atoms with E-state index in [1.807, 2.05) is 83.2 Å². The van der Waals surface area contributed by atoms with E-state index in [1.165, 1.54) is 23.8 Å². The number of fused-ring (bicyclic) bond motifs is 27. The summed E-state index contributed by atoms with van der Waals surface area (Å²) in [5.74, 6) is -4.40. The van der Waals surface area contributed by atoms with Crippen LogP contribution in [-0.2, 0) is 51.8 Å². The number of allylic oxidation sites excluding steroid dienone is 11. The van der Waals surface area contributed by atoms with Crippen LogP contribution >= 0.6 is 0 Å². The van der Waals surface area contributed by atoms with Crippen LogP contribution < -0.4 is 0 Å². The fourth-order valence-corrected chi connectivity index (χ4v) is 18.7. The number of aromatic nitrogens is 12. The molecule has 650 valence electrons. The molecule has 1 aliphatic carbocycles. The van der Waals surface area contributed by atoms with E-state index in [4.69, 9.17) is 34.6 Å². The van der Waals surface area contributed by atoms with Crippen molar-refractivity contribution >= 4 is 147 Å². The molecule has 9 aromatic rings. The summed E-state index contributed by atoms with van der Waals surface area (Å²) in [5.41, 5.74) is 38.9. The number of aryl methyl sites for hydroxylation is 9. The molecule has 15 heterocycles. The summed E-state index contributed by atoms with van der Waals surface area (Å²) < 4.78 is 4.98. The van der Waals surface area contributed by atoms with Crippen LogP contribution in [0.1, 0.15) is 267 Å². The number of nitrogens with one attached hydrogen (secondary N) is 6. The summed E-state index contributed by atoms with van der Waals surface area (Å²) >= 11 is 0. The molecule has 24 heteroatoms. The van der Waals surface area contributed by atoms with E-state index < -0.39 is 29.8 Å². The average Bonchev–Trinajstić information content (AvgIpc) is 1.57. The maximum absolute atomic E-state index is 12.2. The Hall–Kier alpha value is -13.6. The van der Waals surface area contributed by atoms with Crippen LogP contribution in [0.2, 0.25) is 0 Å². The van der Waals surface area contributed by atoms with Crippen LogP contribution in [0, 0.1) is 54.4 Å². The standard InChI is InChI=1S/C38H44N4O4.C34H34N4O4.C30H32N4O4/c1-19-9-12-27-34-16-30-23(5)26(11-14-37(45)46-8)33(41-30)17-32-25(10-13-36(43)44)22(4)29(40-32)15-28-20(2)21(3)31(39-28)18-35(42-34)38(27,7)24(19)6;1-7-21-17(3)25-13-26-19(5)23(9-11-33(39)40)31(37-26)16-32-24(10-12-34(41)42)20(6)28(38-32)15-30-22(8-2)18(4)27(36-30)14-29(21)35-25;1-15-9-20-12-25-17(3)21(5-7-29(35)36)27(33-25)14-28-22(6-8-30(37)38)18(4)26(34-28)13-24-16(2)10-19(32-24)11-23(15)31-20/h9,12,15-18,22,24-25,39,41H,10-11,13-14H2,1-8H3,(H,43,44);7-8,13-16,36,38H,1-2,9-12H2,3-6H3,(H,39,40)(H,41,42);9-14,18,22,31-32H,5-8H2,1-4H3,(H,35,36)(H,37,38). The molecule has 24 bridgehead atoms. The third-order valence-electron chi connectivity index (χ3n) is 27.0. The molecule has 0 amide bonds. The minimum absolute atomic E-state index is 0.00177. The largest absolute Gasteiger partial charge is 0.481 e. The van der Waals surface area contributed by atoms with Gasteiger partial charge in [0.25, 0.3) is 0 Å². The highest BCUT2D eigenvalue weighted by molar-refractivity contribution is 5.99. The van der Waals surface area contributed by atoms with E-state index in [-0.39, 0.29) is 79.5 Å². The van der Waals surface area contributed by atoms with Crippen molar-refractivity contribution in [2.75, 3.05) is 7.11 Å². The lowest BCUT2D eigenvalue weighted by Gasteiger charge is -2.36. The SMILES string of the molecule is C=CC1=C(C)c2cc3nc(cc4[nH]c(cc5[nH]c(cc1n2)c(C)c5C=C)c(C)c4CCC(=O)O)C(CCC(=O)O)=C3C.CC1=C(CCC(=O)O)c2cc3nc(cc4[nH]c(cc4C)cc4[nH]c(cc1n2)cc4C)C(C)C3CCC(=O)O.COC(=O)CCc1c(C)c2cc3nc(cc4[nH]c(cc5nc(cc1[nH]2)C(CCC(=O)O)C5C)c(C)c4C)C1(C)C3=CC=C(C)C1C. The maximum Gasteiger partial charge on any atom is 0.305 e. The number of carboxylic acid groups (broad SMARTS) is 5. The number of H-pyrrole nitrogens is 6. The number of esters is 1. The van der Waals surface area contributed by atoms with Crippen LogP contribution in [-0.4, -0.2) is 128 Å². The van der Waals surface area contributed by atoms with Crippen LogP contribution in [0.3, 0.4) is 0 Å². The summed E-state index contributed by atoms with van der Waals surface area (Å²) in [6, 6.07) is 28.7. The van der Waals surface area contributed by atoms with E-state index in [1.54, 1.807) is 0 Å². The molecule has 9 aromatic heterocycles. The molecule has 7 aliphatic rings. The molecule has 6 atom stereocenters. The number of ether oxygens (including phenoxy) is 1. The second kappa shape index (κ2) is 35.9. The number of aliphatic carboxylic acids is 5. The first-order valence-electron chi connectivity index (χ1n) is 43.0. The Bertz CT molecular complexity index is 6830. The van der Waals surface area contributed by atoms with Crippen molar-refractivity contribution in [1.29, 1.82) is 0 Å². The Morgan fingerprint density at radius 2 is 0.833 bits per heavy atom. The highest BCUT2D eigenvalue weighted by atomic mass is 16.5. The first-order valence-corrected chi connectivity index (χ1v) is 43.0. The molecule has 11 N–H and O–H groups in total. The van der Waals surface area contributed by atoms with E-state index in [9.17, 15) is 54.3 Å². The van der Waals surface area contributed by atoms with Gasteiger partial charge in [0.1, 0.15) is 0 Å². The fraction of sp³-hybridized carbons (Fsp3) is 0.333. The number of carbonyl (C=O) groups is 6. The van der Waals surface area contributed by atoms with Gasteiger partial charge < -0.3 is 60.2 Å². The second-order valence-corrected chi connectivity index (χ2v) is 34.6. The molecule has 6 unspecified atom stereocenters. The van der Waals surface area contributed by atoms with Gasteiger partial charge in [-0.1, -0.05) is 63.8 Å². The minimum Gasteiger partial charge on any atom is -0.481 e. The van der Waals surface area contributed by atoms with Gasteiger partial charge in [-0.05, 0) is 296 Å². The van der Waals surface area contributed by atoms with Crippen LogP contribution in [0.25, 0.3) is 111 Å². The monoisotopic (exact) mass is 1690 g/mol. The molecular weight excluding hydrogens is 1590 g/mol. The van der Waals surface area contributed by atoms with Gasteiger partial charge in [0.05, 0.1) is 52.7 Å². The van der Waals surface area contributed by atoms with E-state index in [2.05, 4.69) is 173 Å². The molecule has 0 aromatic carbocycles. The summed E-state index contributed by atoms with van der Waals surface area (Å²) in [4.78, 5) is 121. The third kappa shape index (κ3) is 17.7. The number of carboxylic acids is 5. The molecular formula is C102H110N12O12. The average molecular weight is 1700 g/mol. The van der Waals surface area contributed by atoms with Gasteiger partial charge in [-0.3, -0.25) is 43.7 Å². The van der Waals surface area contributed by atoms with Gasteiger partial charge in [-0.15, -0.1) is 0 Å². The number of nitrogens with zero attached hydrogens (tertiary/aromatic N) is 6. The number of hydrogen-bond acceptors (Lipinski definition) is 13. The van der Waals surface area contributed by atoms with Gasteiger partial charge in [0.2, 0.25) is 0 Å². The van der Waals surface area contributed by atoms with Crippen LogP contribution in [0.5, 0.6) is 0 Å². The first-order chi connectivity index (χ1) is 59.9. The van der Waals surface area contributed by atoms with Gasteiger partial charge in [0.15, 0.2) is 0 Å². The molecule has 0 saturated carbocycles. The smallest absolute Gasteiger partial charge is 0.305 e. The van der Waals surface area contributed by atoms with Crippen molar-refractivity contribution in [3.8, 4) is 0 Å². The molecule has 16 rings (SSSR count). The van der Waals surface area contributed by atoms with Crippen LogP contribution in [0.15, 0.2) is 122 Å². The Balaban J connectivity index is 0.000000154. The van der Waals surface area contributed by atoms with Crippen molar-refractivity contribution < 1.29 is 59.0 Å². The molecule has 126 heavy (non-hydrogen) atoms. The second-order valence-electron chi connectivity index (χ2n) is 34.6. The maximum atomic E-state index is 12.2. The highest BCUT2D eigenvalue weighted by Crippen LogP contribution is 2.52. The van der Waals surface area contributed by atoms with E-state index >= 15 is 0 Å². The predicted octanol–water partition coefficient (Wildman–Crippen LogP) is 22.0. The summed E-state index contributed by atoms with van der Waals surface area (Å²) in [6.45, 7) is 39.5. The molecule has 0 saturated heterocycles. The Morgan fingerprint density at radius 1 is 0.397 bits per heavy atom. The van der Waals surface area contributed by atoms with Gasteiger partial charge in [-0.2, -0.15) is 0 Å². The molecule has 0 radical (unpaired) electrons. The van der Waals surface area contributed by atoms with Gasteiger partial charge >= 0.3 is 35.8 Å². The van der Waals surface area contributed by atoms with Gasteiger partial charge in [-0.25, -0.2) is 15.0 Å². The number of carbonyl (C=O) groups excluding carboxylic acids is 1. The zero-order valence-electron chi connectivity index (χ0n) is 74.5. The topological polar surface area (TPSA) is 385 Å². The van der Waals surface area contributed by atoms with Crippen molar-refractivity contribution in [3.63, 3.8) is 0 Å². The first kappa shape index (κ1) is 88.7. The van der Waals surface area contributed by atoms with Crippen molar-refractivity contribution in [2.24, 2.45) is 5.92 Å². The fourth-order valence-electron chi connectivity index (χ4n) is 18.7. The zero-order chi connectivity index (χ0) is 90.5. The summed E-state index contributed by atoms with van der Waals surface area (Å²) in [5, 5.41) is 47.2. The number of aromatic amines is 6. The van der Waals surface area contributed by atoms with Crippen molar-refractivity contribution in [3.05, 3.63) is 246 Å². The number of hydrogen-bond donors (Lipinski definition) is 11. The quantitative estimate of drug-likeness (QED) is 0.0316. The normalized spacial score (nSPS) is 17.6. The molecule has 0 fully saturated rings. The Morgan fingerprint density at radius 3 is 1.40 bits per heavy atom. The van der Waals surface area contributed by atoms with Crippen molar-refractivity contribution in [2.45, 2.75) is 210 Å². The Kier molecular flexibility index (Phi) is 25.3. The van der Waals surface area contributed by atoms with Crippen molar-refractivity contribution in [1.82, 2.24) is 59.8 Å². The van der Waals surface area contributed by atoms with E-state index in [0.717, 1.165) is 201 Å². The van der Waals surface area contributed by atoms with E-state index in [0.29, 0.717) is 55.6 Å². The molecule has 0 spiro atoms. The lowest BCUT2D eigenvalue weighted by Crippen LogP contribution is -2.31. The number of rotatable bonds is 20. The lowest BCUT2D eigenvalue weighted by molar-refractivity contribution is -0.141. The Labute approximate surface area is 730 Å². The highest BCUT2D eigenvalue weighted by Gasteiger charge is 2.45. The third-order valence-corrected chi connectivity index (χ3v) is 27.0.